The van der Waals surface area contributed by atoms with E-state index in [9.17, 15) is 0 Å². The lowest BCUT2D eigenvalue weighted by Crippen LogP contribution is -2.41. The van der Waals surface area contributed by atoms with E-state index in [0.29, 0.717) is 0 Å². The zero-order chi connectivity index (χ0) is 18.4. The van der Waals surface area contributed by atoms with Gasteiger partial charge in [0.05, 0.1) is 14.2 Å². The van der Waals surface area contributed by atoms with E-state index < -0.39 is 0 Å². The summed E-state index contributed by atoms with van der Waals surface area (Å²) in [4.78, 5) is 0. The SMILES string of the molecule is COc1ccc2c(c1)CC[C@@]1(C=Cc3ccc4cc(OC)ccc4c3O1)C2. The van der Waals surface area contributed by atoms with Crippen molar-refractivity contribution in [3.63, 3.8) is 0 Å². The van der Waals surface area contributed by atoms with Crippen LogP contribution in [-0.2, 0) is 12.8 Å². The molecule has 0 amide bonds. The Kier molecular flexibility index (Phi) is 3.64. The van der Waals surface area contributed by atoms with Crippen LogP contribution in [0.3, 0.4) is 0 Å². The predicted molar refractivity (Wildman–Crippen MR) is 108 cm³/mol. The highest BCUT2D eigenvalue weighted by Crippen LogP contribution is 2.43. The zero-order valence-electron chi connectivity index (χ0n) is 15.6. The third-order valence-corrected chi connectivity index (χ3v) is 5.80. The molecule has 3 aromatic carbocycles. The molecule has 0 N–H and O–H groups in total. The molecule has 1 atom stereocenters. The molecule has 136 valence electrons. The van der Waals surface area contributed by atoms with Crippen LogP contribution in [0.4, 0.5) is 0 Å². The highest BCUT2D eigenvalue weighted by atomic mass is 16.5. The lowest BCUT2D eigenvalue weighted by atomic mass is 9.78. The fraction of sp³-hybridized carbons (Fsp3) is 0.250. The molecule has 5 rings (SSSR count). The molecule has 1 heterocycles. The highest BCUT2D eigenvalue weighted by molar-refractivity contribution is 5.93. The summed E-state index contributed by atoms with van der Waals surface area (Å²) in [7, 11) is 3.42. The van der Waals surface area contributed by atoms with Crippen LogP contribution in [-0.4, -0.2) is 19.8 Å². The number of benzene rings is 3. The van der Waals surface area contributed by atoms with Crippen molar-refractivity contribution in [3.05, 3.63) is 71.3 Å². The Morgan fingerprint density at radius 3 is 2.56 bits per heavy atom. The highest BCUT2D eigenvalue weighted by Gasteiger charge is 2.37. The molecule has 3 nitrogen and oxygen atoms in total. The Bertz CT molecular complexity index is 1070. The van der Waals surface area contributed by atoms with Crippen LogP contribution >= 0.6 is 0 Å². The Morgan fingerprint density at radius 1 is 0.889 bits per heavy atom. The summed E-state index contributed by atoms with van der Waals surface area (Å²) in [5.74, 6) is 2.77. The molecule has 0 bridgehead atoms. The van der Waals surface area contributed by atoms with Gasteiger partial charge in [0.1, 0.15) is 22.8 Å². The minimum Gasteiger partial charge on any atom is -0.497 e. The number of hydrogen-bond acceptors (Lipinski definition) is 3. The first-order valence-corrected chi connectivity index (χ1v) is 9.34. The first-order valence-electron chi connectivity index (χ1n) is 9.34. The summed E-state index contributed by atoms with van der Waals surface area (Å²) < 4.78 is 17.4. The van der Waals surface area contributed by atoms with E-state index >= 15 is 0 Å². The molecule has 0 saturated heterocycles. The van der Waals surface area contributed by atoms with Gasteiger partial charge in [-0.1, -0.05) is 24.3 Å². The molecule has 0 aromatic heterocycles. The molecule has 1 spiro atoms. The van der Waals surface area contributed by atoms with Crippen molar-refractivity contribution >= 4 is 16.8 Å². The number of methoxy groups -OCH3 is 2. The van der Waals surface area contributed by atoms with Gasteiger partial charge in [-0.2, -0.15) is 0 Å². The fourth-order valence-corrected chi connectivity index (χ4v) is 4.27. The van der Waals surface area contributed by atoms with Crippen LogP contribution in [0.1, 0.15) is 23.1 Å². The van der Waals surface area contributed by atoms with Crippen molar-refractivity contribution in [2.75, 3.05) is 14.2 Å². The molecule has 2 aliphatic rings. The smallest absolute Gasteiger partial charge is 0.135 e. The first-order chi connectivity index (χ1) is 13.2. The van der Waals surface area contributed by atoms with E-state index in [-0.39, 0.29) is 5.60 Å². The molecule has 1 aliphatic carbocycles. The summed E-state index contributed by atoms with van der Waals surface area (Å²) in [5.41, 5.74) is 3.57. The Balaban J connectivity index is 1.54. The van der Waals surface area contributed by atoms with Crippen molar-refractivity contribution < 1.29 is 14.2 Å². The average molecular weight is 358 g/mol. The summed E-state index contributed by atoms with van der Waals surface area (Å²) in [6.45, 7) is 0. The normalized spacial score (nSPS) is 20.1. The van der Waals surface area contributed by atoms with Crippen LogP contribution in [0, 0.1) is 0 Å². The van der Waals surface area contributed by atoms with E-state index in [4.69, 9.17) is 14.2 Å². The molecule has 0 fully saturated rings. The fourth-order valence-electron chi connectivity index (χ4n) is 4.27. The molecule has 3 aromatic rings. The molecular weight excluding hydrogens is 336 g/mol. The van der Waals surface area contributed by atoms with Gasteiger partial charge in [-0.3, -0.25) is 0 Å². The number of rotatable bonds is 2. The second kappa shape index (κ2) is 6.05. The van der Waals surface area contributed by atoms with Crippen molar-refractivity contribution in [2.24, 2.45) is 0 Å². The minimum absolute atomic E-state index is 0.275. The van der Waals surface area contributed by atoms with Gasteiger partial charge in [0.15, 0.2) is 0 Å². The van der Waals surface area contributed by atoms with Gasteiger partial charge < -0.3 is 14.2 Å². The number of aryl methyl sites for hydroxylation is 1. The van der Waals surface area contributed by atoms with Gasteiger partial charge in [0, 0.05) is 17.4 Å². The van der Waals surface area contributed by atoms with Gasteiger partial charge in [-0.05, 0) is 65.8 Å². The quantitative estimate of drug-likeness (QED) is 0.631. The van der Waals surface area contributed by atoms with Crippen LogP contribution < -0.4 is 14.2 Å². The van der Waals surface area contributed by atoms with Crippen LogP contribution in [0.2, 0.25) is 0 Å². The van der Waals surface area contributed by atoms with E-state index in [1.165, 1.54) is 11.1 Å². The van der Waals surface area contributed by atoms with Gasteiger partial charge in [-0.15, -0.1) is 0 Å². The zero-order valence-corrected chi connectivity index (χ0v) is 15.6. The van der Waals surface area contributed by atoms with Gasteiger partial charge in [0.2, 0.25) is 0 Å². The maximum atomic E-state index is 6.70. The number of fused-ring (bicyclic) bond motifs is 4. The summed E-state index contributed by atoms with van der Waals surface area (Å²) in [6.07, 6.45) is 7.31. The number of hydrogen-bond donors (Lipinski definition) is 0. The number of ether oxygens (including phenoxy) is 3. The van der Waals surface area contributed by atoms with E-state index in [1.54, 1.807) is 14.2 Å². The van der Waals surface area contributed by atoms with Crippen LogP contribution in [0.15, 0.2) is 54.6 Å². The molecule has 0 saturated carbocycles. The van der Waals surface area contributed by atoms with Crippen LogP contribution in [0.25, 0.3) is 16.8 Å². The largest absolute Gasteiger partial charge is 0.497 e. The standard InChI is InChI=1S/C24H22O3/c1-25-20-6-5-19-15-24(12-10-17(19)13-20)11-9-16-3-4-18-14-21(26-2)7-8-22(18)23(16)27-24/h3-9,11,13-14H,10,12,15H2,1-2H3/t24-/m0/s1. The molecule has 0 radical (unpaired) electrons. The third-order valence-electron chi connectivity index (χ3n) is 5.80. The second-order valence-corrected chi connectivity index (χ2v) is 7.38. The van der Waals surface area contributed by atoms with Crippen molar-refractivity contribution in [3.8, 4) is 17.2 Å². The maximum Gasteiger partial charge on any atom is 0.135 e. The predicted octanol–water partition coefficient (Wildman–Crippen LogP) is 5.19. The van der Waals surface area contributed by atoms with E-state index in [1.807, 2.05) is 12.1 Å². The topological polar surface area (TPSA) is 27.7 Å². The molecule has 27 heavy (non-hydrogen) atoms. The van der Waals surface area contributed by atoms with E-state index in [0.717, 1.165) is 52.8 Å². The van der Waals surface area contributed by atoms with Crippen molar-refractivity contribution in [1.29, 1.82) is 0 Å². The molecule has 3 heteroatoms. The lowest BCUT2D eigenvalue weighted by Gasteiger charge is -2.39. The first kappa shape index (κ1) is 16.2. The Labute approximate surface area is 159 Å². The monoisotopic (exact) mass is 358 g/mol. The Morgan fingerprint density at radius 2 is 1.70 bits per heavy atom. The minimum atomic E-state index is -0.275. The summed E-state index contributed by atoms with van der Waals surface area (Å²) in [5, 5.41) is 2.28. The average Bonchev–Trinajstić information content (AvgIpc) is 2.72. The van der Waals surface area contributed by atoms with E-state index in [2.05, 4.69) is 48.6 Å². The second-order valence-electron chi connectivity index (χ2n) is 7.38. The van der Waals surface area contributed by atoms with Gasteiger partial charge >= 0.3 is 0 Å². The lowest BCUT2D eigenvalue weighted by molar-refractivity contribution is 0.103. The Hall–Kier alpha value is -2.94. The maximum absolute atomic E-state index is 6.70. The molecular formula is C24H22O3. The van der Waals surface area contributed by atoms with Crippen molar-refractivity contribution in [1.82, 2.24) is 0 Å². The summed E-state index contributed by atoms with van der Waals surface area (Å²) in [6, 6.07) is 16.8. The van der Waals surface area contributed by atoms with Gasteiger partial charge in [-0.25, -0.2) is 0 Å². The van der Waals surface area contributed by atoms with Gasteiger partial charge in [0.25, 0.3) is 0 Å². The summed E-state index contributed by atoms with van der Waals surface area (Å²) >= 11 is 0. The molecule has 1 aliphatic heterocycles. The molecule has 0 unspecified atom stereocenters. The third kappa shape index (κ3) is 2.66. The van der Waals surface area contributed by atoms with Crippen molar-refractivity contribution in [2.45, 2.75) is 24.9 Å². The van der Waals surface area contributed by atoms with Crippen LogP contribution in [0.5, 0.6) is 17.2 Å².